The molecule has 1 aliphatic heterocycles. The van der Waals surface area contributed by atoms with Crippen molar-refractivity contribution in [2.45, 2.75) is 52.5 Å². The van der Waals surface area contributed by atoms with Crippen molar-refractivity contribution >= 4 is 5.91 Å². The highest BCUT2D eigenvalue weighted by Gasteiger charge is 2.27. The number of hydrogen-bond acceptors (Lipinski definition) is 1. The molecule has 0 unspecified atom stereocenters. The summed E-state index contributed by atoms with van der Waals surface area (Å²) in [6, 6.07) is 0.501. The second-order valence-corrected chi connectivity index (χ2v) is 4.25. The molecule has 0 aliphatic carbocycles. The molecule has 1 fully saturated rings. The van der Waals surface area contributed by atoms with Gasteiger partial charge < -0.3 is 4.90 Å². The minimum atomic E-state index is 0.332. The molecule has 0 aromatic carbocycles. The van der Waals surface area contributed by atoms with Crippen LogP contribution >= 0.6 is 0 Å². The maximum atomic E-state index is 11.6. The van der Waals surface area contributed by atoms with Gasteiger partial charge in [-0.3, -0.25) is 4.79 Å². The Balaban J connectivity index is 2.61. The largest absolute Gasteiger partial charge is 0.339 e. The lowest BCUT2D eigenvalue weighted by atomic mass is 9.92. The smallest absolute Gasteiger partial charge is 0.222 e. The average molecular weight is 183 g/mol. The molecule has 0 N–H and O–H groups in total. The molecule has 0 spiro atoms. The summed E-state index contributed by atoms with van der Waals surface area (Å²) >= 11 is 0. The molecule has 1 atom stereocenters. The molecule has 13 heavy (non-hydrogen) atoms. The standard InChI is InChI=1S/C11H21NO/c1-4-11(13)12-8-6-5-7-10(12)9(2)3/h9-10H,4-8H2,1-3H3/t10-/m1/s1. The second-order valence-electron chi connectivity index (χ2n) is 4.25. The van der Waals surface area contributed by atoms with Crippen LogP contribution < -0.4 is 0 Å². The van der Waals surface area contributed by atoms with Gasteiger partial charge in [0.25, 0.3) is 0 Å². The van der Waals surface area contributed by atoms with E-state index in [9.17, 15) is 4.79 Å². The summed E-state index contributed by atoms with van der Waals surface area (Å²) in [5.41, 5.74) is 0. The molecule has 2 nitrogen and oxygen atoms in total. The second kappa shape index (κ2) is 4.64. The van der Waals surface area contributed by atoms with Crippen LogP contribution in [0.5, 0.6) is 0 Å². The van der Waals surface area contributed by atoms with E-state index in [0.29, 0.717) is 24.3 Å². The third-order valence-electron chi connectivity index (χ3n) is 2.94. The van der Waals surface area contributed by atoms with Gasteiger partial charge >= 0.3 is 0 Å². The van der Waals surface area contributed by atoms with E-state index in [1.54, 1.807) is 0 Å². The van der Waals surface area contributed by atoms with Crippen molar-refractivity contribution in [2.24, 2.45) is 5.92 Å². The number of carbonyl (C=O) groups excluding carboxylic acids is 1. The van der Waals surface area contributed by atoms with Crippen LogP contribution in [0.4, 0.5) is 0 Å². The molecule has 0 aromatic heterocycles. The van der Waals surface area contributed by atoms with Crippen LogP contribution in [0.2, 0.25) is 0 Å². The molecule has 0 bridgehead atoms. The van der Waals surface area contributed by atoms with E-state index in [-0.39, 0.29) is 0 Å². The van der Waals surface area contributed by atoms with Crippen molar-refractivity contribution < 1.29 is 4.79 Å². The quantitative estimate of drug-likeness (QED) is 0.644. The van der Waals surface area contributed by atoms with Crippen molar-refractivity contribution in [3.8, 4) is 0 Å². The van der Waals surface area contributed by atoms with Gasteiger partial charge in [0.2, 0.25) is 5.91 Å². The third-order valence-corrected chi connectivity index (χ3v) is 2.94. The third kappa shape index (κ3) is 2.45. The summed E-state index contributed by atoms with van der Waals surface area (Å²) in [6.07, 6.45) is 4.33. The van der Waals surface area contributed by atoms with Gasteiger partial charge in [-0.05, 0) is 25.2 Å². The van der Waals surface area contributed by atoms with Crippen molar-refractivity contribution in [1.82, 2.24) is 4.90 Å². The van der Waals surface area contributed by atoms with Crippen LogP contribution in [-0.2, 0) is 4.79 Å². The number of rotatable bonds is 2. The predicted octanol–water partition coefficient (Wildman–Crippen LogP) is 2.43. The van der Waals surface area contributed by atoms with Gasteiger partial charge in [-0.1, -0.05) is 20.8 Å². The zero-order valence-corrected chi connectivity index (χ0v) is 9.05. The first-order valence-electron chi connectivity index (χ1n) is 5.46. The Labute approximate surface area is 81.3 Å². The van der Waals surface area contributed by atoms with Gasteiger partial charge in [-0.25, -0.2) is 0 Å². The van der Waals surface area contributed by atoms with E-state index >= 15 is 0 Å². The minimum Gasteiger partial charge on any atom is -0.339 e. The number of piperidine rings is 1. The van der Waals surface area contributed by atoms with Crippen LogP contribution in [-0.4, -0.2) is 23.4 Å². The molecule has 76 valence electrons. The van der Waals surface area contributed by atoms with Gasteiger partial charge in [0.1, 0.15) is 0 Å². The SMILES string of the molecule is CCC(=O)N1CCCC[C@@H]1C(C)C. The van der Waals surface area contributed by atoms with E-state index in [4.69, 9.17) is 0 Å². The Bertz CT molecular complexity index is 177. The molecule has 0 radical (unpaired) electrons. The van der Waals surface area contributed by atoms with Crippen molar-refractivity contribution in [1.29, 1.82) is 0 Å². The maximum Gasteiger partial charge on any atom is 0.222 e. The van der Waals surface area contributed by atoms with Gasteiger partial charge in [-0.2, -0.15) is 0 Å². The normalized spacial score (nSPS) is 23.7. The molecule has 1 aliphatic rings. The Hall–Kier alpha value is -0.530. The topological polar surface area (TPSA) is 20.3 Å². The number of nitrogens with zero attached hydrogens (tertiary/aromatic N) is 1. The lowest BCUT2D eigenvalue weighted by molar-refractivity contribution is -0.135. The summed E-state index contributed by atoms with van der Waals surface area (Å²) < 4.78 is 0. The molecule has 1 heterocycles. The van der Waals surface area contributed by atoms with Crippen LogP contribution in [0.15, 0.2) is 0 Å². The highest BCUT2D eigenvalue weighted by molar-refractivity contribution is 5.76. The summed E-state index contributed by atoms with van der Waals surface area (Å²) in [7, 11) is 0. The molecule has 1 amide bonds. The van der Waals surface area contributed by atoms with Gasteiger partial charge in [0, 0.05) is 19.0 Å². The molecule has 0 aromatic rings. The van der Waals surface area contributed by atoms with E-state index in [0.717, 1.165) is 6.54 Å². The zero-order chi connectivity index (χ0) is 9.84. The van der Waals surface area contributed by atoms with E-state index in [1.165, 1.54) is 19.3 Å². The summed E-state index contributed by atoms with van der Waals surface area (Å²) in [6.45, 7) is 7.36. The average Bonchev–Trinajstić information content (AvgIpc) is 2.16. The highest BCUT2D eigenvalue weighted by atomic mass is 16.2. The van der Waals surface area contributed by atoms with Gasteiger partial charge in [0.05, 0.1) is 0 Å². The van der Waals surface area contributed by atoms with Crippen LogP contribution in [0.3, 0.4) is 0 Å². The molecule has 0 saturated carbocycles. The van der Waals surface area contributed by atoms with E-state index < -0.39 is 0 Å². The van der Waals surface area contributed by atoms with Crippen molar-refractivity contribution in [2.75, 3.05) is 6.54 Å². The lowest BCUT2D eigenvalue weighted by Crippen LogP contribution is -2.46. The number of likely N-dealkylation sites (tertiary alicyclic amines) is 1. The first kappa shape index (κ1) is 10.6. The molecule has 1 saturated heterocycles. The van der Waals surface area contributed by atoms with Crippen LogP contribution in [0.25, 0.3) is 0 Å². The van der Waals surface area contributed by atoms with Gasteiger partial charge in [-0.15, -0.1) is 0 Å². The summed E-state index contributed by atoms with van der Waals surface area (Å²) in [4.78, 5) is 13.7. The van der Waals surface area contributed by atoms with E-state index in [2.05, 4.69) is 18.7 Å². The lowest BCUT2D eigenvalue weighted by Gasteiger charge is -2.38. The Kier molecular flexibility index (Phi) is 3.76. The fourth-order valence-corrected chi connectivity index (χ4v) is 2.16. The summed E-state index contributed by atoms with van der Waals surface area (Å²) in [5.74, 6) is 0.939. The van der Waals surface area contributed by atoms with Gasteiger partial charge in [0.15, 0.2) is 0 Å². The Morgan fingerprint density at radius 2 is 2.15 bits per heavy atom. The fourth-order valence-electron chi connectivity index (χ4n) is 2.16. The number of carbonyl (C=O) groups is 1. The first-order valence-corrected chi connectivity index (χ1v) is 5.46. The molecule has 2 heteroatoms. The van der Waals surface area contributed by atoms with Crippen molar-refractivity contribution in [3.63, 3.8) is 0 Å². The first-order chi connectivity index (χ1) is 6.16. The Morgan fingerprint density at radius 3 is 2.69 bits per heavy atom. The van der Waals surface area contributed by atoms with Crippen molar-refractivity contribution in [3.05, 3.63) is 0 Å². The predicted molar refractivity (Wildman–Crippen MR) is 54.5 cm³/mol. The number of hydrogen-bond donors (Lipinski definition) is 0. The minimum absolute atomic E-state index is 0.332. The molecular weight excluding hydrogens is 162 g/mol. The summed E-state index contributed by atoms with van der Waals surface area (Å²) in [5, 5.41) is 0. The maximum absolute atomic E-state index is 11.6. The Morgan fingerprint density at radius 1 is 1.46 bits per heavy atom. The molecular formula is C11H21NO. The zero-order valence-electron chi connectivity index (χ0n) is 9.05. The number of amides is 1. The fraction of sp³-hybridized carbons (Fsp3) is 0.909. The highest BCUT2D eigenvalue weighted by Crippen LogP contribution is 2.23. The molecule has 1 rings (SSSR count). The van der Waals surface area contributed by atoms with E-state index in [1.807, 2.05) is 6.92 Å². The monoisotopic (exact) mass is 183 g/mol. The van der Waals surface area contributed by atoms with Crippen LogP contribution in [0.1, 0.15) is 46.5 Å². The van der Waals surface area contributed by atoms with Crippen LogP contribution in [0, 0.1) is 5.92 Å².